The van der Waals surface area contributed by atoms with Gasteiger partial charge in [0.2, 0.25) is 0 Å². The molecule has 20 heavy (non-hydrogen) atoms. The first kappa shape index (κ1) is 14.4. The molecule has 0 saturated carbocycles. The van der Waals surface area contributed by atoms with Crippen molar-refractivity contribution in [3.05, 3.63) is 47.4 Å². The van der Waals surface area contributed by atoms with E-state index in [9.17, 15) is 4.39 Å². The smallest absolute Gasteiger partial charge is 0.253 e. The number of halogens is 1. The van der Waals surface area contributed by atoms with Crippen LogP contribution in [0.1, 0.15) is 31.1 Å². The van der Waals surface area contributed by atoms with Gasteiger partial charge in [-0.15, -0.1) is 0 Å². The molecule has 106 valence electrons. The lowest BCUT2D eigenvalue weighted by Crippen LogP contribution is -2.24. The summed E-state index contributed by atoms with van der Waals surface area (Å²) in [5.41, 5.74) is 1.75. The van der Waals surface area contributed by atoms with Crippen molar-refractivity contribution >= 4 is 11.6 Å². The molecule has 0 spiro atoms. The molecule has 2 rings (SSSR count). The van der Waals surface area contributed by atoms with E-state index in [1.165, 1.54) is 12.1 Å². The second-order valence-electron chi connectivity index (χ2n) is 4.79. The molecule has 4 nitrogen and oxygen atoms in total. The van der Waals surface area contributed by atoms with E-state index in [0.717, 1.165) is 11.1 Å². The van der Waals surface area contributed by atoms with Crippen LogP contribution >= 0.6 is 0 Å². The van der Waals surface area contributed by atoms with E-state index in [-0.39, 0.29) is 5.82 Å². The number of hydrogen-bond acceptors (Lipinski definition) is 4. The Hall–Kier alpha value is -2.01. The molecular formula is C15H18FN3O. The molecule has 0 saturated heterocycles. The SMILES string of the molecule is CNC(C)Cc1noc(/C(C)=C/c2ccc(F)cc2)n1. The highest BCUT2D eigenvalue weighted by molar-refractivity contribution is 5.76. The average Bonchev–Trinajstić information content (AvgIpc) is 2.89. The first-order valence-electron chi connectivity index (χ1n) is 6.52. The van der Waals surface area contributed by atoms with E-state index in [2.05, 4.69) is 22.4 Å². The van der Waals surface area contributed by atoms with Crippen molar-refractivity contribution in [3.63, 3.8) is 0 Å². The Balaban J connectivity index is 2.12. The minimum absolute atomic E-state index is 0.249. The highest BCUT2D eigenvalue weighted by atomic mass is 19.1. The quantitative estimate of drug-likeness (QED) is 0.911. The molecule has 0 aliphatic carbocycles. The third-order valence-corrected chi connectivity index (χ3v) is 3.04. The normalized spacial score (nSPS) is 13.5. The average molecular weight is 275 g/mol. The van der Waals surface area contributed by atoms with Crippen molar-refractivity contribution in [3.8, 4) is 0 Å². The summed E-state index contributed by atoms with van der Waals surface area (Å²) in [5, 5.41) is 7.08. The highest BCUT2D eigenvalue weighted by Gasteiger charge is 2.10. The van der Waals surface area contributed by atoms with Gasteiger partial charge in [0.05, 0.1) is 0 Å². The van der Waals surface area contributed by atoms with Gasteiger partial charge in [0.1, 0.15) is 5.82 Å². The number of aromatic nitrogens is 2. The summed E-state index contributed by atoms with van der Waals surface area (Å²) in [5.74, 6) is 0.919. The van der Waals surface area contributed by atoms with Gasteiger partial charge in [-0.1, -0.05) is 17.3 Å². The number of nitrogens with one attached hydrogen (secondary N) is 1. The summed E-state index contributed by atoms with van der Waals surface area (Å²) in [6.45, 7) is 3.94. The van der Waals surface area contributed by atoms with Crippen molar-refractivity contribution in [1.29, 1.82) is 0 Å². The molecule has 1 heterocycles. The summed E-state index contributed by atoms with van der Waals surface area (Å²) >= 11 is 0. The summed E-state index contributed by atoms with van der Waals surface area (Å²) in [7, 11) is 1.89. The van der Waals surface area contributed by atoms with E-state index in [0.29, 0.717) is 24.2 Å². The van der Waals surface area contributed by atoms with Gasteiger partial charge in [0.25, 0.3) is 5.89 Å². The maximum Gasteiger partial charge on any atom is 0.253 e. The van der Waals surface area contributed by atoms with Crippen LogP contribution in [-0.2, 0) is 6.42 Å². The highest BCUT2D eigenvalue weighted by Crippen LogP contribution is 2.16. The van der Waals surface area contributed by atoms with Crippen molar-refractivity contribution < 1.29 is 8.91 Å². The minimum Gasteiger partial charge on any atom is -0.334 e. The van der Waals surface area contributed by atoms with Gasteiger partial charge in [-0.05, 0) is 44.7 Å². The van der Waals surface area contributed by atoms with Crippen LogP contribution in [0.5, 0.6) is 0 Å². The molecule has 1 aromatic carbocycles. The van der Waals surface area contributed by atoms with Gasteiger partial charge < -0.3 is 9.84 Å². The first-order valence-corrected chi connectivity index (χ1v) is 6.52. The van der Waals surface area contributed by atoms with Crippen LogP contribution in [0.3, 0.4) is 0 Å². The van der Waals surface area contributed by atoms with Crippen LogP contribution < -0.4 is 5.32 Å². The largest absolute Gasteiger partial charge is 0.334 e. The van der Waals surface area contributed by atoms with Crippen LogP contribution in [-0.4, -0.2) is 23.2 Å². The zero-order chi connectivity index (χ0) is 14.5. The van der Waals surface area contributed by atoms with E-state index in [1.807, 2.05) is 20.0 Å². The predicted molar refractivity (Wildman–Crippen MR) is 76.5 cm³/mol. The second-order valence-corrected chi connectivity index (χ2v) is 4.79. The van der Waals surface area contributed by atoms with Crippen LogP contribution in [0.2, 0.25) is 0 Å². The van der Waals surface area contributed by atoms with Gasteiger partial charge in [-0.3, -0.25) is 0 Å². The molecule has 1 unspecified atom stereocenters. The molecule has 0 aliphatic rings. The van der Waals surface area contributed by atoms with Crippen molar-refractivity contribution in [2.45, 2.75) is 26.3 Å². The Labute approximate surface area is 117 Å². The number of hydrogen-bond donors (Lipinski definition) is 1. The molecule has 2 aromatic rings. The van der Waals surface area contributed by atoms with Crippen molar-refractivity contribution in [2.75, 3.05) is 7.05 Å². The number of allylic oxidation sites excluding steroid dienone is 1. The summed E-state index contributed by atoms with van der Waals surface area (Å²) in [6, 6.07) is 6.56. The fourth-order valence-corrected chi connectivity index (χ4v) is 1.74. The Morgan fingerprint density at radius 3 is 2.75 bits per heavy atom. The van der Waals surface area contributed by atoms with Crippen LogP contribution in [0.4, 0.5) is 4.39 Å². The number of benzene rings is 1. The molecule has 0 fully saturated rings. The molecule has 1 N–H and O–H groups in total. The zero-order valence-electron chi connectivity index (χ0n) is 11.9. The van der Waals surface area contributed by atoms with Crippen molar-refractivity contribution in [2.24, 2.45) is 0 Å². The number of nitrogens with zero attached hydrogens (tertiary/aromatic N) is 2. The third kappa shape index (κ3) is 3.74. The van der Waals surface area contributed by atoms with E-state index >= 15 is 0 Å². The maximum absolute atomic E-state index is 12.8. The van der Waals surface area contributed by atoms with Crippen molar-refractivity contribution in [1.82, 2.24) is 15.5 Å². The fourth-order valence-electron chi connectivity index (χ4n) is 1.74. The number of rotatable bonds is 5. The summed E-state index contributed by atoms with van der Waals surface area (Å²) in [6.07, 6.45) is 2.60. The second kappa shape index (κ2) is 6.43. The molecule has 5 heteroatoms. The predicted octanol–water partition coefficient (Wildman–Crippen LogP) is 2.92. The minimum atomic E-state index is -0.249. The molecule has 1 aromatic heterocycles. The lowest BCUT2D eigenvalue weighted by atomic mass is 10.1. The molecule has 0 amide bonds. The Morgan fingerprint density at radius 2 is 2.10 bits per heavy atom. The Bertz CT molecular complexity index is 589. The lowest BCUT2D eigenvalue weighted by Gasteiger charge is -2.04. The maximum atomic E-state index is 12.8. The standard InChI is InChI=1S/C15H18FN3O/c1-10(8-12-4-6-13(16)7-5-12)15-18-14(19-20-15)9-11(2)17-3/h4-8,11,17H,9H2,1-3H3/b10-8+. The molecule has 0 bridgehead atoms. The van der Waals surface area contributed by atoms with Gasteiger partial charge in [-0.2, -0.15) is 4.98 Å². The summed E-state index contributed by atoms with van der Waals surface area (Å²) in [4.78, 5) is 4.35. The van der Waals surface area contributed by atoms with Crippen LogP contribution in [0, 0.1) is 5.82 Å². The monoisotopic (exact) mass is 275 g/mol. The molecular weight excluding hydrogens is 257 g/mol. The Kier molecular flexibility index (Phi) is 4.63. The summed E-state index contributed by atoms with van der Waals surface area (Å²) < 4.78 is 18.1. The van der Waals surface area contributed by atoms with Gasteiger partial charge in [-0.25, -0.2) is 4.39 Å². The van der Waals surface area contributed by atoms with E-state index < -0.39 is 0 Å². The molecule has 0 radical (unpaired) electrons. The van der Waals surface area contributed by atoms with E-state index in [4.69, 9.17) is 4.52 Å². The lowest BCUT2D eigenvalue weighted by molar-refractivity contribution is 0.397. The number of likely N-dealkylation sites (N-methyl/N-ethyl adjacent to an activating group) is 1. The van der Waals surface area contributed by atoms with Gasteiger partial charge in [0.15, 0.2) is 5.82 Å². The fraction of sp³-hybridized carbons (Fsp3) is 0.333. The molecule has 1 atom stereocenters. The zero-order valence-corrected chi connectivity index (χ0v) is 11.9. The van der Waals surface area contributed by atoms with Gasteiger partial charge in [0, 0.05) is 18.0 Å². The van der Waals surface area contributed by atoms with Crippen LogP contribution in [0.15, 0.2) is 28.8 Å². The van der Waals surface area contributed by atoms with Crippen LogP contribution in [0.25, 0.3) is 11.6 Å². The van der Waals surface area contributed by atoms with Gasteiger partial charge >= 0.3 is 0 Å². The Morgan fingerprint density at radius 1 is 1.40 bits per heavy atom. The topological polar surface area (TPSA) is 51.0 Å². The van der Waals surface area contributed by atoms with E-state index in [1.54, 1.807) is 12.1 Å². The third-order valence-electron chi connectivity index (χ3n) is 3.04. The first-order chi connectivity index (χ1) is 9.58. The molecule has 0 aliphatic heterocycles.